The van der Waals surface area contributed by atoms with E-state index in [0.717, 1.165) is 41.8 Å². The molecule has 0 spiro atoms. The number of benzene rings is 3. The summed E-state index contributed by atoms with van der Waals surface area (Å²) in [5.41, 5.74) is -1.01. The Morgan fingerprint density at radius 2 is 1.07 bits per heavy atom. The Balaban J connectivity index is 0. The van der Waals surface area contributed by atoms with E-state index in [0.29, 0.717) is 33.6 Å². The summed E-state index contributed by atoms with van der Waals surface area (Å²) >= 11 is 16.5. The van der Waals surface area contributed by atoms with E-state index in [9.17, 15) is 28.2 Å². The molecule has 0 aliphatic rings. The van der Waals surface area contributed by atoms with Gasteiger partial charge in [-0.25, -0.2) is 0 Å². The zero-order chi connectivity index (χ0) is 46.1. The SMILES string of the molecule is CCN(CC)C(=S)SCCOc1ccc(C(=O)C(C)(C)O)cc1.CCN(CC)C(=S)[S-].CCO.Cc1ccc(S(=O)(=O)OCCOc2ccc(C(=O)C(C)(C)O)cc2)cc1.[Na+]. The van der Waals surface area contributed by atoms with Gasteiger partial charge in [-0.3, -0.25) is 13.8 Å². The summed E-state index contributed by atoms with van der Waals surface area (Å²) in [5, 5.41) is 27.0. The van der Waals surface area contributed by atoms with Crippen LogP contribution in [0.1, 0.15) is 88.6 Å². The van der Waals surface area contributed by atoms with Gasteiger partial charge in [0.25, 0.3) is 10.1 Å². The van der Waals surface area contributed by atoms with Gasteiger partial charge in [0.15, 0.2) is 11.6 Å². The summed E-state index contributed by atoms with van der Waals surface area (Å²) < 4.78 is 41.5. The molecule has 0 heterocycles. The molecule has 0 saturated heterocycles. The second kappa shape index (κ2) is 31.6. The maximum Gasteiger partial charge on any atom is 1.00 e. The first-order valence-corrected chi connectivity index (χ1v) is 23.1. The summed E-state index contributed by atoms with van der Waals surface area (Å²) in [6.45, 7) is 22.0. The molecule has 0 unspecified atom stereocenters. The van der Waals surface area contributed by atoms with E-state index in [1.54, 1.807) is 79.3 Å². The minimum atomic E-state index is -3.82. The van der Waals surface area contributed by atoms with E-state index in [4.69, 9.17) is 55.8 Å². The normalized spacial score (nSPS) is 10.8. The van der Waals surface area contributed by atoms with Crippen molar-refractivity contribution in [2.45, 2.75) is 85.3 Å². The number of thiocarbonyl (C=S) groups is 2. The molecule has 61 heavy (non-hydrogen) atoms. The second-order valence-electron chi connectivity index (χ2n) is 13.7. The van der Waals surface area contributed by atoms with Crippen LogP contribution in [0.15, 0.2) is 77.7 Å². The van der Waals surface area contributed by atoms with Crippen molar-refractivity contribution in [2.24, 2.45) is 0 Å². The van der Waals surface area contributed by atoms with Gasteiger partial charge in [0, 0.05) is 49.7 Å². The van der Waals surface area contributed by atoms with Crippen LogP contribution in [0, 0.1) is 6.92 Å². The topological polar surface area (TPSA) is 163 Å². The average Bonchev–Trinajstić information content (AvgIpc) is 3.19. The minimum absolute atomic E-state index is 0. The molecule has 3 aromatic rings. The van der Waals surface area contributed by atoms with Gasteiger partial charge in [-0.05, 0) is 130 Å². The quantitative estimate of drug-likeness (QED) is 0.0414. The summed E-state index contributed by atoms with van der Waals surface area (Å²) in [6, 6.07) is 19.4. The Hall–Kier alpha value is -2.26. The van der Waals surface area contributed by atoms with E-state index in [2.05, 4.69) is 18.7 Å². The van der Waals surface area contributed by atoms with Crippen LogP contribution in [0.5, 0.6) is 11.5 Å². The largest absolute Gasteiger partial charge is 1.00 e. The van der Waals surface area contributed by atoms with E-state index >= 15 is 0 Å². The molecule has 0 fully saturated rings. The van der Waals surface area contributed by atoms with E-state index < -0.39 is 27.1 Å². The van der Waals surface area contributed by atoms with Crippen LogP contribution in [-0.2, 0) is 26.9 Å². The number of thioether (sulfide) groups is 1. The Labute approximate surface area is 406 Å². The summed E-state index contributed by atoms with van der Waals surface area (Å²) in [4.78, 5) is 28.0. The van der Waals surface area contributed by atoms with Crippen molar-refractivity contribution in [1.29, 1.82) is 0 Å². The van der Waals surface area contributed by atoms with Crippen molar-refractivity contribution < 1.29 is 76.5 Å². The molecule has 18 heteroatoms. The van der Waals surface area contributed by atoms with Gasteiger partial charge in [-0.2, -0.15) is 8.42 Å². The van der Waals surface area contributed by atoms with Gasteiger partial charge in [-0.15, -0.1) is 0 Å². The number of hydrogen-bond acceptors (Lipinski definition) is 14. The third-order valence-electron chi connectivity index (χ3n) is 7.87. The third kappa shape index (κ3) is 25.0. The van der Waals surface area contributed by atoms with Crippen LogP contribution in [0.2, 0.25) is 0 Å². The number of nitrogens with zero attached hydrogens (tertiary/aromatic N) is 2. The maximum absolute atomic E-state index is 12.0. The number of rotatable bonds is 18. The number of aliphatic hydroxyl groups is 3. The van der Waals surface area contributed by atoms with Gasteiger partial charge < -0.3 is 59.4 Å². The minimum Gasteiger partial charge on any atom is -0.493 e. The number of Topliss-reactive ketones (excluding diaryl/α,β-unsaturated/α-hetero) is 2. The van der Waals surface area contributed by atoms with Gasteiger partial charge >= 0.3 is 29.6 Å². The van der Waals surface area contributed by atoms with Gasteiger partial charge in [-0.1, -0.05) is 46.0 Å². The standard InChI is InChI=1S/C19H22O6S.C17H25NO3S2.C5H11NS2.C2H6O.Na/c1-14-4-10-17(11-5-14)26(22,23)25-13-12-24-16-8-6-15(7-9-16)18(20)19(2,3)21;1-5-18(6-2)16(22)23-12-11-21-14-9-7-13(8-10-14)15(19)17(3,4)20;1-3-6(4-2)5(7)8;1-2-3;/h4-11,21H,12-13H2,1-3H3;7-10,20H,5-6,11-12H2,1-4H3;3-4H2,1-2H3,(H,7,8);3H,2H2,1H3;/q;;;;+1/p-1. The number of carbonyl (C=O) groups excluding carboxylic acids is 2. The molecule has 0 saturated carbocycles. The molecule has 12 nitrogen and oxygen atoms in total. The predicted molar refractivity (Wildman–Crippen MR) is 253 cm³/mol. The fourth-order valence-corrected chi connectivity index (χ4v) is 7.23. The van der Waals surface area contributed by atoms with Crippen LogP contribution in [0.3, 0.4) is 0 Å². The molecule has 3 N–H and O–H groups in total. The Morgan fingerprint density at radius 1 is 0.689 bits per heavy atom. The third-order valence-corrected chi connectivity index (χ3v) is 11.2. The number of aryl methyl sites for hydroxylation is 1. The first-order valence-electron chi connectivity index (χ1n) is 19.5. The van der Waals surface area contributed by atoms with Crippen LogP contribution in [0.25, 0.3) is 0 Å². The van der Waals surface area contributed by atoms with Crippen molar-refractivity contribution in [1.82, 2.24) is 9.80 Å². The molecule has 3 aromatic carbocycles. The van der Waals surface area contributed by atoms with Gasteiger partial charge in [0.1, 0.15) is 40.2 Å². The van der Waals surface area contributed by atoms with Crippen LogP contribution < -0.4 is 39.0 Å². The van der Waals surface area contributed by atoms with Crippen molar-refractivity contribution in [2.75, 3.05) is 58.4 Å². The summed E-state index contributed by atoms with van der Waals surface area (Å²) in [6.07, 6.45) is 0. The number of hydrogen-bond donors (Lipinski definition) is 3. The van der Waals surface area contributed by atoms with Crippen LogP contribution in [0.4, 0.5) is 0 Å². The van der Waals surface area contributed by atoms with Crippen molar-refractivity contribution in [3.8, 4) is 11.5 Å². The van der Waals surface area contributed by atoms with Crippen molar-refractivity contribution >= 4 is 79.2 Å². The molecule has 336 valence electrons. The number of aliphatic hydroxyl groups excluding tert-OH is 1. The van der Waals surface area contributed by atoms with E-state index in [1.807, 2.05) is 25.7 Å². The molecule has 0 atom stereocenters. The maximum atomic E-state index is 12.0. The van der Waals surface area contributed by atoms with Crippen molar-refractivity contribution in [3.63, 3.8) is 0 Å². The molecule has 3 rings (SSSR count). The predicted octanol–water partition coefficient (Wildman–Crippen LogP) is 4.27. The zero-order valence-corrected chi connectivity index (χ0v) is 43.5. The molecule has 0 aliphatic carbocycles. The van der Waals surface area contributed by atoms with E-state index in [-0.39, 0.29) is 60.1 Å². The summed E-state index contributed by atoms with van der Waals surface area (Å²) in [7, 11) is -3.82. The zero-order valence-electron chi connectivity index (χ0n) is 37.4. The average molecular weight is 951 g/mol. The number of ether oxygens (including phenoxy) is 2. The molecule has 0 amide bonds. The smallest absolute Gasteiger partial charge is 0.493 e. The van der Waals surface area contributed by atoms with E-state index in [1.165, 1.54) is 39.8 Å². The first-order chi connectivity index (χ1) is 28.0. The molecular formula is C43H63N2NaO10S5. The first kappa shape index (κ1) is 60.8. The van der Waals surface area contributed by atoms with Crippen LogP contribution in [-0.4, -0.2) is 123 Å². The summed E-state index contributed by atoms with van der Waals surface area (Å²) in [5.74, 6) is 1.25. The Bertz CT molecular complexity index is 1830. The van der Waals surface area contributed by atoms with Crippen molar-refractivity contribution in [3.05, 3.63) is 89.5 Å². The number of carbonyl (C=O) groups is 2. The molecular weight excluding hydrogens is 888 g/mol. The fourth-order valence-electron chi connectivity index (χ4n) is 4.53. The molecule has 0 aliphatic heterocycles. The molecule has 0 bridgehead atoms. The van der Waals surface area contributed by atoms with Gasteiger partial charge in [0.05, 0.1) is 11.5 Å². The fraction of sp³-hybridized carbons (Fsp3) is 0.488. The van der Waals surface area contributed by atoms with Crippen LogP contribution >= 0.6 is 36.2 Å². The van der Waals surface area contributed by atoms with Gasteiger partial charge in [0.2, 0.25) is 0 Å². The monoisotopic (exact) mass is 950 g/mol. The molecule has 0 radical (unpaired) electrons. The second-order valence-corrected chi connectivity index (χ2v) is 18.0. The number of ketones is 2. The Kier molecular flexibility index (Phi) is 31.5. The Morgan fingerprint density at radius 3 is 1.39 bits per heavy atom. The molecule has 0 aromatic heterocycles.